The number of methoxy groups -OCH3 is 1. The van der Waals surface area contributed by atoms with E-state index in [2.05, 4.69) is 0 Å². The summed E-state index contributed by atoms with van der Waals surface area (Å²) in [5.74, 6) is -0.268. The van der Waals surface area contributed by atoms with Crippen LogP contribution < -0.4 is 15.2 Å². The molecule has 0 saturated heterocycles. The molecule has 6 nitrogen and oxygen atoms in total. The molecule has 0 spiro atoms. The molecule has 126 valence electrons. The monoisotopic (exact) mass is 329 g/mol. The molecule has 0 fully saturated rings. The van der Waals surface area contributed by atoms with E-state index in [-0.39, 0.29) is 0 Å². The number of hydrogen-bond donors (Lipinski definition) is 1. The molecule has 0 bridgehead atoms. The van der Waals surface area contributed by atoms with E-state index < -0.39 is 24.1 Å². The summed E-state index contributed by atoms with van der Waals surface area (Å²) in [6.45, 7) is 1.54. The normalized spacial score (nSPS) is 12.8. The summed E-state index contributed by atoms with van der Waals surface area (Å²) in [5.41, 5.74) is 5.84. The van der Waals surface area contributed by atoms with Crippen molar-refractivity contribution in [3.8, 4) is 11.5 Å². The molecule has 2 aromatic carbocycles. The van der Waals surface area contributed by atoms with Gasteiger partial charge in [0.05, 0.1) is 7.11 Å². The van der Waals surface area contributed by atoms with Crippen molar-refractivity contribution >= 4 is 11.9 Å². The Morgan fingerprint density at radius 2 is 1.54 bits per heavy atom. The zero-order chi connectivity index (χ0) is 17.5. The van der Waals surface area contributed by atoms with E-state index in [9.17, 15) is 9.59 Å². The van der Waals surface area contributed by atoms with Crippen molar-refractivity contribution in [3.63, 3.8) is 0 Å². The minimum Gasteiger partial charge on any atom is -0.497 e. The van der Waals surface area contributed by atoms with Gasteiger partial charge in [0.1, 0.15) is 11.5 Å². The van der Waals surface area contributed by atoms with Gasteiger partial charge in [0.15, 0.2) is 6.10 Å². The van der Waals surface area contributed by atoms with Crippen molar-refractivity contribution in [1.82, 2.24) is 0 Å². The molecule has 0 aliphatic carbocycles. The first-order valence-electron chi connectivity index (χ1n) is 7.36. The first-order valence-corrected chi connectivity index (χ1v) is 7.36. The van der Waals surface area contributed by atoms with Crippen LogP contribution in [0.4, 0.5) is 0 Å². The minimum absolute atomic E-state index is 0.482. The zero-order valence-electron chi connectivity index (χ0n) is 13.5. The van der Waals surface area contributed by atoms with E-state index in [1.165, 1.54) is 6.92 Å². The lowest BCUT2D eigenvalue weighted by molar-refractivity contribution is -0.161. The van der Waals surface area contributed by atoms with E-state index in [1.807, 2.05) is 0 Å². The predicted octanol–water partition coefficient (Wildman–Crippen LogP) is 2.23. The molecule has 1 amide bonds. The average molecular weight is 329 g/mol. The Bertz CT molecular complexity index is 684. The van der Waals surface area contributed by atoms with Gasteiger partial charge in [-0.15, -0.1) is 0 Å². The largest absolute Gasteiger partial charge is 0.497 e. The maximum atomic E-state index is 12.2. The van der Waals surface area contributed by atoms with E-state index in [1.54, 1.807) is 61.7 Å². The van der Waals surface area contributed by atoms with Crippen LogP contribution in [-0.2, 0) is 14.3 Å². The van der Waals surface area contributed by atoms with Gasteiger partial charge in [0.2, 0.25) is 6.10 Å². The third-order valence-corrected chi connectivity index (χ3v) is 3.30. The number of carbonyl (C=O) groups excluding carboxylic acids is 2. The van der Waals surface area contributed by atoms with Crippen molar-refractivity contribution in [2.45, 2.75) is 19.1 Å². The van der Waals surface area contributed by atoms with Crippen LogP contribution in [0.25, 0.3) is 0 Å². The summed E-state index contributed by atoms with van der Waals surface area (Å²) >= 11 is 0. The van der Waals surface area contributed by atoms with Crippen LogP contribution in [0.1, 0.15) is 18.6 Å². The van der Waals surface area contributed by atoms with Crippen LogP contribution in [0, 0.1) is 0 Å². The number of amides is 1. The zero-order valence-corrected chi connectivity index (χ0v) is 13.5. The number of esters is 1. The van der Waals surface area contributed by atoms with Crippen molar-refractivity contribution in [1.29, 1.82) is 0 Å². The molecule has 2 rings (SSSR count). The summed E-state index contributed by atoms with van der Waals surface area (Å²) in [6.07, 6.45) is -2.05. The molecule has 0 heterocycles. The fraction of sp³-hybridized carbons (Fsp3) is 0.222. The average Bonchev–Trinajstić information content (AvgIpc) is 2.60. The molecule has 0 saturated carbocycles. The second-order valence-corrected chi connectivity index (χ2v) is 5.07. The number of rotatable bonds is 7. The Labute approximate surface area is 140 Å². The van der Waals surface area contributed by atoms with Crippen LogP contribution in [0.3, 0.4) is 0 Å². The van der Waals surface area contributed by atoms with E-state index in [0.29, 0.717) is 17.1 Å². The Morgan fingerprint density at radius 1 is 0.958 bits per heavy atom. The highest BCUT2D eigenvalue weighted by Gasteiger charge is 2.26. The number of ether oxygens (including phenoxy) is 3. The lowest BCUT2D eigenvalue weighted by atomic mass is 10.1. The minimum atomic E-state index is -1.15. The molecule has 2 aromatic rings. The third kappa shape index (κ3) is 4.49. The molecule has 2 N–H and O–H groups in total. The second-order valence-electron chi connectivity index (χ2n) is 5.07. The maximum absolute atomic E-state index is 12.2. The number of hydrogen-bond acceptors (Lipinski definition) is 5. The number of carbonyl (C=O) groups is 2. The van der Waals surface area contributed by atoms with Gasteiger partial charge in [-0.25, -0.2) is 4.79 Å². The summed E-state index contributed by atoms with van der Waals surface area (Å²) in [4.78, 5) is 23.8. The lowest BCUT2D eigenvalue weighted by Crippen LogP contribution is -2.32. The van der Waals surface area contributed by atoms with Crippen LogP contribution in [0.2, 0.25) is 0 Å². The van der Waals surface area contributed by atoms with Gasteiger partial charge in [0, 0.05) is 5.56 Å². The number of primary amides is 1. The summed E-state index contributed by atoms with van der Waals surface area (Å²) in [7, 11) is 1.56. The van der Waals surface area contributed by atoms with Crippen molar-refractivity contribution in [3.05, 3.63) is 60.2 Å². The highest BCUT2D eigenvalue weighted by Crippen LogP contribution is 2.21. The standard InChI is InChI=1S/C18H19NO5/c1-12(23-15-10-8-14(22-2)9-11-15)18(21)24-16(17(19)20)13-6-4-3-5-7-13/h3-12,16H,1-2H3,(H2,19,20)/t12-,16-/m1/s1. The number of benzene rings is 2. The Kier molecular flexibility index (Phi) is 5.78. The SMILES string of the molecule is COc1ccc(O[C@H](C)C(=O)O[C@@H](C(N)=O)c2ccccc2)cc1. The molecule has 0 unspecified atom stereocenters. The highest BCUT2D eigenvalue weighted by atomic mass is 16.6. The van der Waals surface area contributed by atoms with Crippen LogP contribution in [0.15, 0.2) is 54.6 Å². The van der Waals surface area contributed by atoms with Crippen LogP contribution in [0.5, 0.6) is 11.5 Å². The first-order chi connectivity index (χ1) is 11.5. The fourth-order valence-corrected chi connectivity index (χ4v) is 2.04. The fourth-order valence-electron chi connectivity index (χ4n) is 2.04. The highest BCUT2D eigenvalue weighted by molar-refractivity contribution is 5.84. The molecule has 24 heavy (non-hydrogen) atoms. The Morgan fingerprint density at radius 3 is 2.08 bits per heavy atom. The van der Waals surface area contributed by atoms with Crippen LogP contribution >= 0.6 is 0 Å². The molecule has 2 atom stereocenters. The Balaban J connectivity index is 2.02. The molecule has 0 radical (unpaired) electrons. The van der Waals surface area contributed by atoms with Crippen molar-refractivity contribution < 1.29 is 23.8 Å². The van der Waals surface area contributed by atoms with E-state index in [4.69, 9.17) is 19.9 Å². The smallest absolute Gasteiger partial charge is 0.348 e. The van der Waals surface area contributed by atoms with E-state index >= 15 is 0 Å². The van der Waals surface area contributed by atoms with E-state index in [0.717, 1.165) is 0 Å². The summed E-state index contributed by atoms with van der Waals surface area (Å²) < 4.78 is 15.8. The first kappa shape index (κ1) is 17.3. The van der Waals surface area contributed by atoms with Crippen molar-refractivity contribution in [2.75, 3.05) is 7.11 Å². The Hall–Kier alpha value is -3.02. The van der Waals surface area contributed by atoms with Gasteiger partial charge in [-0.05, 0) is 31.2 Å². The van der Waals surface area contributed by atoms with Gasteiger partial charge >= 0.3 is 5.97 Å². The van der Waals surface area contributed by atoms with Gasteiger partial charge in [-0.1, -0.05) is 30.3 Å². The maximum Gasteiger partial charge on any atom is 0.348 e. The number of nitrogens with two attached hydrogens (primary N) is 1. The molecular formula is C18H19NO5. The second kappa shape index (κ2) is 8.01. The quantitative estimate of drug-likeness (QED) is 0.787. The van der Waals surface area contributed by atoms with Gasteiger partial charge in [0.25, 0.3) is 5.91 Å². The van der Waals surface area contributed by atoms with Gasteiger partial charge in [-0.3, -0.25) is 4.79 Å². The predicted molar refractivity (Wildman–Crippen MR) is 87.6 cm³/mol. The van der Waals surface area contributed by atoms with Crippen LogP contribution in [-0.4, -0.2) is 25.1 Å². The van der Waals surface area contributed by atoms with Gasteiger partial charge in [-0.2, -0.15) is 0 Å². The molecule has 0 aromatic heterocycles. The molecule has 0 aliphatic rings. The molecule has 0 aliphatic heterocycles. The lowest BCUT2D eigenvalue weighted by Gasteiger charge is -2.19. The molecule has 6 heteroatoms. The third-order valence-electron chi connectivity index (χ3n) is 3.30. The van der Waals surface area contributed by atoms with Gasteiger partial charge < -0.3 is 19.9 Å². The van der Waals surface area contributed by atoms with Crippen molar-refractivity contribution in [2.24, 2.45) is 5.73 Å². The summed E-state index contributed by atoms with van der Waals surface area (Å²) in [5, 5.41) is 0. The summed E-state index contributed by atoms with van der Waals surface area (Å²) in [6, 6.07) is 15.4. The topological polar surface area (TPSA) is 87.8 Å². The molecular weight excluding hydrogens is 310 g/mol.